The highest BCUT2D eigenvalue weighted by Crippen LogP contribution is 2.20. The van der Waals surface area contributed by atoms with Gasteiger partial charge in [-0.25, -0.2) is 4.79 Å². The van der Waals surface area contributed by atoms with Crippen molar-refractivity contribution in [3.05, 3.63) is 0 Å². The predicted octanol–water partition coefficient (Wildman–Crippen LogP) is 1.88. The Bertz CT molecular complexity index is 337. The van der Waals surface area contributed by atoms with E-state index in [0.29, 0.717) is 11.2 Å². The molecule has 22 heavy (non-hydrogen) atoms. The lowest BCUT2D eigenvalue weighted by atomic mass is 10.1. The van der Waals surface area contributed by atoms with Crippen LogP contribution in [-0.4, -0.2) is 79.8 Å². The van der Waals surface area contributed by atoms with Crippen LogP contribution in [0.4, 0.5) is 4.79 Å². The van der Waals surface area contributed by atoms with Crippen molar-refractivity contribution < 1.29 is 9.53 Å². The van der Waals surface area contributed by atoms with Gasteiger partial charge < -0.3 is 15.0 Å². The van der Waals surface area contributed by atoms with E-state index >= 15 is 0 Å². The van der Waals surface area contributed by atoms with E-state index in [4.69, 9.17) is 4.74 Å². The lowest BCUT2D eigenvalue weighted by molar-refractivity contribution is 0.0319. The molecule has 2 heterocycles. The van der Waals surface area contributed by atoms with Gasteiger partial charge in [-0.15, -0.1) is 0 Å². The summed E-state index contributed by atoms with van der Waals surface area (Å²) >= 11 is 1.89. The van der Waals surface area contributed by atoms with Crippen molar-refractivity contribution >= 4 is 17.8 Å². The van der Waals surface area contributed by atoms with Crippen LogP contribution in [0, 0.1) is 5.92 Å². The van der Waals surface area contributed by atoms with E-state index < -0.39 is 0 Å². The van der Waals surface area contributed by atoms with E-state index in [1.54, 1.807) is 0 Å². The summed E-state index contributed by atoms with van der Waals surface area (Å²) in [4.78, 5) is 16.8. The minimum Gasteiger partial charge on any atom is -0.379 e. The Hall–Kier alpha value is -0.460. The Morgan fingerprint density at radius 1 is 1.32 bits per heavy atom. The maximum atomic E-state index is 12.4. The Morgan fingerprint density at radius 2 is 2.09 bits per heavy atom. The van der Waals surface area contributed by atoms with Crippen LogP contribution in [0.5, 0.6) is 0 Å². The van der Waals surface area contributed by atoms with Crippen molar-refractivity contribution in [3.63, 3.8) is 0 Å². The first kappa shape index (κ1) is 17.9. The second kappa shape index (κ2) is 9.63. The molecule has 2 saturated heterocycles. The summed E-state index contributed by atoms with van der Waals surface area (Å²) in [6.45, 7) is 9.51. The molecule has 0 unspecified atom stereocenters. The van der Waals surface area contributed by atoms with Gasteiger partial charge in [-0.05, 0) is 25.0 Å². The molecule has 128 valence electrons. The number of likely N-dealkylation sites (tertiary alicyclic amines) is 1. The van der Waals surface area contributed by atoms with Gasteiger partial charge in [-0.2, -0.15) is 11.8 Å². The van der Waals surface area contributed by atoms with Crippen LogP contribution in [0.1, 0.15) is 26.2 Å². The van der Waals surface area contributed by atoms with Crippen LogP contribution in [-0.2, 0) is 4.74 Å². The van der Waals surface area contributed by atoms with Crippen LogP contribution in [0.15, 0.2) is 0 Å². The zero-order chi connectivity index (χ0) is 15.8. The number of ether oxygens (including phenoxy) is 1. The molecule has 0 spiro atoms. The second-order valence-electron chi connectivity index (χ2n) is 6.50. The highest BCUT2D eigenvalue weighted by molar-refractivity contribution is 7.99. The first-order valence-corrected chi connectivity index (χ1v) is 9.83. The first-order chi connectivity index (χ1) is 10.7. The number of morpholine rings is 1. The minimum atomic E-state index is 0.120. The molecule has 1 N–H and O–H groups in total. The molecule has 2 atom stereocenters. The number of carbonyl (C=O) groups is 1. The van der Waals surface area contributed by atoms with Crippen LogP contribution in [0.2, 0.25) is 0 Å². The molecular formula is C16H31N3O2S. The molecule has 2 aliphatic rings. The Morgan fingerprint density at radius 3 is 2.82 bits per heavy atom. The summed E-state index contributed by atoms with van der Waals surface area (Å²) in [5, 5.41) is 3.73. The van der Waals surface area contributed by atoms with E-state index in [1.165, 1.54) is 12.8 Å². The fourth-order valence-corrected chi connectivity index (χ4v) is 3.87. The molecule has 2 rings (SSSR count). The van der Waals surface area contributed by atoms with Gasteiger partial charge in [-0.3, -0.25) is 4.90 Å². The largest absolute Gasteiger partial charge is 0.379 e. The molecule has 0 aliphatic carbocycles. The van der Waals surface area contributed by atoms with Gasteiger partial charge in [0.2, 0.25) is 0 Å². The normalized spacial score (nSPS) is 25.5. The Kier molecular flexibility index (Phi) is 7.83. The third-order valence-electron chi connectivity index (χ3n) is 4.52. The van der Waals surface area contributed by atoms with Gasteiger partial charge >= 0.3 is 6.03 Å². The smallest absolute Gasteiger partial charge is 0.317 e. The Balaban J connectivity index is 1.69. The summed E-state index contributed by atoms with van der Waals surface area (Å²) in [5.74, 6) is 0.477. The molecule has 2 fully saturated rings. The number of thioether (sulfide) groups is 1. The number of urea groups is 1. The van der Waals surface area contributed by atoms with E-state index in [2.05, 4.69) is 23.4 Å². The molecule has 0 bridgehead atoms. The number of amides is 2. The second-order valence-corrected chi connectivity index (χ2v) is 7.64. The quantitative estimate of drug-likeness (QED) is 0.836. The van der Waals surface area contributed by atoms with Crippen molar-refractivity contribution in [2.45, 2.75) is 31.4 Å². The van der Waals surface area contributed by atoms with Gasteiger partial charge in [0, 0.05) is 44.5 Å². The highest BCUT2D eigenvalue weighted by Gasteiger charge is 2.22. The van der Waals surface area contributed by atoms with E-state index in [1.807, 2.05) is 16.7 Å². The monoisotopic (exact) mass is 329 g/mol. The third-order valence-corrected chi connectivity index (χ3v) is 5.58. The lowest BCUT2D eigenvalue weighted by Gasteiger charge is -2.30. The van der Waals surface area contributed by atoms with E-state index in [9.17, 15) is 4.79 Å². The highest BCUT2D eigenvalue weighted by atomic mass is 32.2. The molecule has 0 aromatic carbocycles. The molecule has 2 amide bonds. The van der Waals surface area contributed by atoms with Crippen molar-refractivity contribution in [1.29, 1.82) is 0 Å². The van der Waals surface area contributed by atoms with Crippen LogP contribution >= 0.6 is 11.8 Å². The molecule has 0 saturated carbocycles. The summed E-state index contributed by atoms with van der Waals surface area (Å²) < 4.78 is 5.37. The van der Waals surface area contributed by atoms with Gasteiger partial charge in [0.15, 0.2) is 0 Å². The van der Waals surface area contributed by atoms with E-state index in [0.717, 1.165) is 58.9 Å². The Labute approximate surface area is 139 Å². The molecule has 0 radical (unpaired) electrons. The first-order valence-electron chi connectivity index (χ1n) is 8.54. The standard InChI is InChI=1S/C16H31N3O2S/c1-14(12-18-7-9-21-10-8-18)11-17-16(20)19-6-4-3-5-15(13-19)22-2/h14-15H,3-13H2,1-2H3,(H,17,20)/t14-,15-/m1/s1. The zero-order valence-corrected chi connectivity index (χ0v) is 14.9. The average Bonchev–Trinajstić information content (AvgIpc) is 2.79. The molecular weight excluding hydrogens is 298 g/mol. The molecule has 5 nitrogen and oxygen atoms in total. The molecule has 6 heteroatoms. The average molecular weight is 330 g/mol. The predicted molar refractivity (Wildman–Crippen MR) is 92.5 cm³/mol. The van der Waals surface area contributed by atoms with Crippen molar-refractivity contribution in [2.75, 3.05) is 58.7 Å². The number of rotatable bonds is 5. The summed E-state index contributed by atoms with van der Waals surface area (Å²) in [7, 11) is 0. The van der Waals surface area contributed by atoms with E-state index in [-0.39, 0.29) is 6.03 Å². The number of carbonyl (C=O) groups excluding carboxylic acids is 1. The van der Waals surface area contributed by atoms with Crippen molar-refractivity contribution in [2.24, 2.45) is 5.92 Å². The van der Waals surface area contributed by atoms with Gasteiger partial charge in [0.05, 0.1) is 13.2 Å². The maximum absolute atomic E-state index is 12.4. The molecule has 0 aromatic heterocycles. The van der Waals surface area contributed by atoms with Gasteiger partial charge in [0.25, 0.3) is 0 Å². The van der Waals surface area contributed by atoms with Crippen LogP contribution in [0.3, 0.4) is 0 Å². The fraction of sp³-hybridized carbons (Fsp3) is 0.938. The molecule has 0 aromatic rings. The van der Waals surface area contributed by atoms with Crippen LogP contribution < -0.4 is 5.32 Å². The summed E-state index contributed by atoms with van der Waals surface area (Å²) in [6.07, 6.45) is 5.76. The number of nitrogens with one attached hydrogen (secondary N) is 1. The zero-order valence-electron chi connectivity index (χ0n) is 14.1. The van der Waals surface area contributed by atoms with Gasteiger partial charge in [0.1, 0.15) is 0 Å². The van der Waals surface area contributed by atoms with Crippen molar-refractivity contribution in [1.82, 2.24) is 15.1 Å². The number of nitrogens with zero attached hydrogens (tertiary/aromatic N) is 2. The lowest BCUT2D eigenvalue weighted by Crippen LogP contribution is -2.46. The summed E-state index contributed by atoms with van der Waals surface area (Å²) in [6, 6.07) is 0.120. The fourth-order valence-electron chi connectivity index (χ4n) is 3.14. The number of hydrogen-bond donors (Lipinski definition) is 1. The third kappa shape index (κ3) is 5.97. The van der Waals surface area contributed by atoms with Crippen molar-refractivity contribution in [3.8, 4) is 0 Å². The van der Waals surface area contributed by atoms with Gasteiger partial charge in [-0.1, -0.05) is 13.3 Å². The minimum absolute atomic E-state index is 0.120. The number of hydrogen-bond acceptors (Lipinski definition) is 4. The molecule has 2 aliphatic heterocycles. The topological polar surface area (TPSA) is 44.8 Å². The van der Waals surface area contributed by atoms with Crippen LogP contribution in [0.25, 0.3) is 0 Å². The maximum Gasteiger partial charge on any atom is 0.317 e. The SMILES string of the molecule is CS[C@@H]1CCCCN(C(=O)NC[C@@H](C)CN2CCOCC2)C1. The summed E-state index contributed by atoms with van der Waals surface area (Å²) in [5.41, 5.74) is 0.